The average molecular weight is 299 g/mol. The minimum atomic E-state index is -0.209. The van der Waals surface area contributed by atoms with Crippen molar-refractivity contribution in [3.63, 3.8) is 0 Å². The van der Waals surface area contributed by atoms with Crippen molar-refractivity contribution in [2.45, 2.75) is 25.3 Å². The van der Waals surface area contributed by atoms with Crippen LogP contribution < -0.4 is 5.32 Å². The summed E-state index contributed by atoms with van der Waals surface area (Å²) in [7, 11) is 1.97. The fourth-order valence-electron chi connectivity index (χ4n) is 3.03. The number of allylic oxidation sites excluding steroid dienone is 2. The van der Waals surface area contributed by atoms with Gasteiger partial charge in [-0.1, -0.05) is 24.3 Å². The summed E-state index contributed by atoms with van der Waals surface area (Å²) in [5.41, 5.74) is 0.917. The van der Waals surface area contributed by atoms with Crippen molar-refractivity contribution in [3.8, 4) is 0 Å². The van der Waals surface area contributed by atoms with E-state index in [9.17, 15) is 4.39 Å². The van der Waals surface area contributed by atoms with Crippen LogP contribution in [0.3, 0.4) is 0 Å². The van der Waals surface area contributed by atoms with Crippen LogP contribution in [0.5, 0.6) is 0 Å². The van der Waals surface area contributed by atoms with Gasteiger partial charge in [0.25, 0.3) is 0 Å². The van der Waals surface area contributed by atoms with E-state index < -0.39 is 0 Å². The van der Waals surface area contributed by atoms with Crippen LogP contribution >= 0.6 is 0 Å². The highest BCUT2D eigenvalue weighted by Crippen LogP contribution is 2.23. The highest BCUT2D eigenvalue weighted by molar-refractivity contribution is 5.26. The molecule has 0 aliphatic heterocycles. The molecule has 0 bridgehead atoms. The molecule has 3 rings (SSSR count). The first-order valence-electron chi connectivity index (χ1n) is 7.85. The van der Waals surface area contributed by atoms with E-state index in [0.717, 1.165) is 30.8 Å². The molecule has 1 aromatic carbocycles. The molecular weight excluding hydrogens is 277 g/mol. The van der Waals surface area contributed by atoms with E-state index in [1.54, 1.807) is 18.3 Å². The molecule has 1 aliphatic carbocycles. The minimum absolute atomic E-state index is 0.0818. The first-order valence-corrected chi connectivity index (χ1v) is 7.85. The Bertz CT molecular complexity index is 647. The van der Waals surface area contributed by atoms with Crippen molar-refractivity contribution in [2.75, 3.05) is 6.54 Å². The molecule has 22 heavy (non-hydrogen) atoms. The van der Waals surface area contributed by atoms with Crippen LogP contribution in [0.1, 0.15) is 36.7 Å². The molecule has 2 atom stereocenters. The van der Waals surface area contributed by atoms with E-state index >= 15 is 0 Å². The average Bonchev–Trinajstić information content (AvgIpc) is 2.95. The Morgan fingerprint density at radius 2 is 2.32 bits per heavy atom. The smallest absolute Gasteiger partial charge is 0.130 e. The maximum Gasteiger partial charge on any atom is 0.130 e. The molecule has 2 unspecified atom stereocenters. The third kappa shape index (κ3) is 3.45. The number of hydrogen-bond acceptors (Lipinski definition) is 2. The first kappa shape index (κ1) is 15.0. The van der Waals surface area contributed by atoms with Gasteiger partial charge < -0.3 is 9.88 Å². The second kappa shape index (κ2) is 6.88. The third-order valence-electron chi connectivity index (χ3n) is 4.29. The minimum Gasteiger partial charge on any atom is -0.336 e. The lowest BCUT2D eigenvalue weighted by Gasteiger charge is -2.24. The predicted molar refractivity (Wildman–Crippen MR) is 85.9 cm³/mol. The maximum atomic E-state index is 13.6. The van der Waals surface area contributed by atoms with Gasteiger partial charge in [0.05, 0.1) is 6.04 Å². The lowest BCUT2D eigenvalue weighted by atomic mass is 9.94. The fraction of sp³-hybridized carbons (Fsp3) is 0.389. The Labute approximate surface area is 130 Å². The van der Waals surface area contributed by atoms with Gasteiger partial charge >= 0.3 is 0 Å². The zero-order valence-corrected chi connectivity index (χ0v) is 12.9. The molecule has 3 nitrogen and oxygen atoms in total. The van der Waals surface area contributed by atoms with Gasteiger partial charge in [-0.05, 0) is 49.4 Å². The van der Waals surface area contributed by atoms with Crippen molar-refractivity contribution in [2.24, 2.45) is 13.0 Å². The highest BCUT2D eigenvalue weighted by atomic mass is 19.1. The van der Waals surface area contributed by atoms with E-state index in [1.807, 2.05) is 23.9 Å². The molecule has 0 saturated carbocycles. The quantitative estimate of drug-likeness (QED) is 0.855. The lowest BCUT2D eigenvalue weighted by molar-refractivity contribution is 0.415. The summed E-state index contributed by atoms with van der Waals surface area (Å²) < 4.78 is 15.6. The third-order valence-corrected chi connectivity index (χ3v) is 4.29. The van der Waals surface area contributed by atoms with Crippen molar-refractivity contribution in [3.05, 3.63) is 66.0 Å². The normalized spacial score (nSPS) is 19.3. The number of halogens is 1. The van der Waals surface area contributed by atoms with Gasteiger partial charge in [0.1, 0.15) is 11.6 Å². The Balaban J connectivity index is 1.80. The molecule has 1 aliphatic rings. The standard InChI is InChI=1S/C18H22FN3/c1-22-11-10-20-18(22)17(15-8-5-9-16(19)12-15)21-13-14-6-3-2-4-7-14/h2-3,5,8-12,14,17,21H,4,6-7,13H2,1H3. The number of aryl methyl sites for hydroxylation is 1. The van der Waals surface area contributed by atoms with E-state index in [2.05, 4.69) is 22.5 Å². The highest BCUT2D eigenvalue weighted by Gasteiger charge is 2.20. The van der Waals surface area contributed by atoms with Crippen LogP contribution in [0.15, 0.2) is 48.8 Å². The van der Waals surface area contributed by atoms with Crippen molar-refractivity contribution < 1.29 is 4.39 Å². The molecule has 0 spiro atoms. The molecule has 2 aromatic rings. The lowest BCUT2D eigenvalue weighted by Crippen LogP contribution is -2.30. The van der Waals surface area contributed by atoms with E-state index in [0.29, 0.717) is 5.92 Å². The van der Waals surface area contributed by atoms with Crippen molar-refractivity contribution in [1.82, 2.24) is 14.9 Å². The van der Waals surface area contributed by atoms with Crippen LogP contribution in [0.25, 0.3) is 0 Å². The van der Waals surface area contributed by atoms with Crippen LogP contribution in [0, 0.1) is 11.7 Å². The number of aromatic nitrogens is 2. The number of rotatable bonds is 5. The molecule has 4 heteroatoms. The van der Waals surface area contributed by atoms with Gasteiger partial charge in [-0.15, -0.1) is 0 Å². The largest absolute Gasteiger partial charge is 0.336 e. The van der Waals surface area contributed by atoms with Gasteiger partial charge in [0.2, 0.25) is 0 Å². The molecule has 0 amide bonds. The van der Waals surface area contributed by atoms with Crippen LogP contribution in [-0.4, -0.2) is 16.1 Å². The molecular formula is C18H22FN3. The van der Waals surface area contributed by atoms with Gasteiger partial charge in [0, 0.05) is 19.4 Å². The zero-order chi connectivity index (χ0) is 15.4. The van der Waals surface area contributed by atoms with Gasteiger partial charge in [-0.2, -0.15) is 0 Å². The Kier molecular flexibility index (Phi) is 4.68. The number of nitrogens with one attached hydrogen (secondary N) is 1. The summed E-state index contributed by atoms with van der Waals surface area (Å²) >= 11 is 0. The Morgan fingerprint density at radius 3 is 3.00 bits per heavy atom. The fourth-order valence-corrected chi connectivity index (χ4v) is 3.03. The molecule has 1 heterocycles. The molecule has 0 radical (unpaired) electrons. The predicted octanol–water partition coefficient (Wildman–Crippen LogP) is 3.59. The summed E-state index contributed by atoms with van der Waals surface area (Å²) in [5, 5.41) is 3.59. The summed E-state index contributed by atoms with van der Waals surface area (Å²) in [5.74, 6) is 1.34. The summed E-state index contributed by atoms with van der Waals surface area (Å²) in [6.45, 7) is 0.915. The number of imidazole rings is 1. The van der Waals surface area contributed by atoms with Gasteiger partial charge in [-0.3, -0.25) is 0 Å². The van der Waals surface area contributed by atoms with Crippen LogP contribution in [-0.2, 0) is 7.05 Å². The molecule has 0 saturated heterocycles. The van der Waals surface area contributed by atoms with E-state index in [1.165, 1.54) is 12.5 Å². The topological polar surface area (TPSA) is 29.9 Å². The number of nitrogens with zero attached hydrogens (tertiary/aromatic N) is 2. The van der Waals surface area contributed by atoms with Crippen molar-refractivity contribution >= 4 is 0 Å². The Hall–Kier alpha value is -1.94. The van der Waals surface area contributed by atoms with Gasteiger partial charge in [-0.25, -0.2) is 9.37 Å². The van der Waals surface area contributed by atoms with Gasteiger partial charge in [0.15, 0.2) is 0 Å². The van der Waals surface area contributed by atoms with E-state index in [-0.39, 0.29) is 11.9 Å². The second-order valence-electron chi connectivity index (χ2n) is 5.94. The summed E-state index contributed by atoms with van der Waals surface area (Å²) in [6, 6.07) is 6.70. The second-order valence-corrected chi connectivity index (χ2v) is 5.94. The summed E-state index contributed by atoms with van der Waals surface area (Å²) in [4.78, 5) is 4.45. The zero-order valence-electron chi connectivity index (χ0n) is 12.9. The molecule has 116 valence electrons. The molecule has 1 aromatic heterocycles. The first-order chi connectivity index (χ1) is 10.7. The maximum absolute atomic E-state index is 13.6. The van der Waals surface area contributed by atoms with Crippen molar-refractivity contribution in [1.29, 1.82) is 0 Å². The SMILES string of the molecule is Cn1ccnc1C(NCC1CC=CCC1)c1cccc(F)c1. The Morgan fingerprint density at radius 1 is 1.41 bits per heavy atom. The van der Waals surface area contributed by atoms with Crippen LogP contribution in [0.2, 0.25) is 0 Å². The molecule has 0 fully saturated rings. The van der Waals surface area contributed by atoms with Crippen LogP contribution in [0.4, 0.5) is 4.39 Å². The molecule has 1 N–H and O–H groups in total. The number of hydrogen-bond donors (Lipinski definition) is 1. The monoisotopic (exact) mass is 299 g/mol. The summed E-state index contributed by atoms with van der Waals surface area (Å²) in [6.07, 6.45) is 11.7. The number of benzene rings is 1. The van der Waals surface area contributed by atoms with E-state index in [4.69, 9.17) is 0 Å².